The SMILES string of the molecule is CCCCC(CC)COC(=O)Nc1cccc(C(=O)C=C2NC(C)(C)Cc3ccc(OC)cc32)c1. The van der Waals surface area contributed by atoms with Crippen molar-refractivity contribution < 1.29 is 19.1 Å². The summed E-state index contributed by atoms with van der Waals surface area (Å²) in [6.07, 6.45) is 6.26. The molecule has 0 fully saturated rings. The average Bonchev–Trinajstić information content (AvgIpc) is 2.83. The Labute approximate surface area is 209 Å². The van der Waals surface area contributed by atoms with E-state index < -0.39 is 6.09 Å². The van der Waals surface area contributed by atoms with E-state index in [-0.39, 0.29) is 11.3 Å². The molecule has 0 saturated carbocycles. The van der Waals surface area contributed by atoms with E-state index in [2.05, 4.69) is 44.4 Å². The van der Waals surface area contributed by atoms with E-state index >= 15 is 0 Å². The van der Waals surface area contributed by atoms with Gasteiger partial charge < -0.3 is 14.8 Å². The van der Waals surface area contributed by atoms with Gasteiger partial charge in [-0.05, 0) is 62.4 Å². The minimum absolute atomic E-state index is 0.151. The van der Waals surface area contributed by atoms with Crippen LogP contribution in [0.15, 0.2) is 48.5 Å². The number of amides is 1. The van der Waals surface area contributed by atoms with Gasteiger partial charge in [-0.15, -0.1) is 0 Å². The Morgan fingerprint density at radius 1 is 1.17 bits per heavy atom. The zero-order chi connectivity index (χ0) is 25.4. The molecule has 35 heavy (non-hydrogen) atoms. The van der Waals surface area contributed by atoms with Crippen molar-refractivity contribution in [2.45, 2.75) is 65.3 Å². The number of ketones is 1. The number of unbranched alkanes of at least 4 members (excludes halogenated alkanes) is 1. The topological polar surface area (TPSA) is 76.7 Å². The van der Waals surface area contributed by atoms with Crippen LogP contribution in [0.1, 0.15) is 74.9 Å². The van der Waals surface area contributed by atoms with Crippen molar-refractivity contribution in [2.75, 3.05) is 19.0 Å². The number of hydrogen-bond acceptors (Lipinski definition) is 5. The van der Waals surface area contributed by atoms with Gasteiger partial charge in [0.25, 0.3) is 0 Å². The molecule has 0 spiro atoms. The highest BCUT2D eigenvalue weighted by atomic mass is 16.5. The number of anilines is 1. The molecule has 2 aromatic carbocycles. The van der Waals surface area contributed by atoms with E-state index in [0.29, 0.717) is 23.8 Å². The molecule has 0 radical (unpaired) electrons. The van der Waals surface area contributed by atoms with E-state index in [1.165, 1.54) is 0 Å². The lowest BCUT2D eigenvalue weighted by Gasteiger charge is -2.35. The van der Waals surface area contributed by atoms with Crippen molar-refractivity contribution in [2.24, 2.45) is 5.92 Å². The van der Waals surface area contributed by atoms with Crippen LogP contribution in [0, 0.1) is 5.92 Å². The lowest BCUT2D eigenvalue weighted by atomic mass is 9.85. The molecule has 1 amide bonds. The molecule has 1 heterocycles. The highest BCUT2D eigenvalue weighted by Gasteiger charge is 2.28. The van der Waals surface area contributed by atoms with Crippen LogP contribution in [-0.2, 0) is 11.2 Å². The van der Waals surface area contributed by atoms with E-state index in [1.54, 1.807) is 37.5 Å². The van der Waals surface area contributed by atoms with Gasteiger partial charge in [-0.2, -0.15) is 0 Å². The van der Waals surface area contributed by atoms with E-state index in [1.807, 2.05) is 12.1 Å². The van der Waals surface area contributed by atoms with Crippen LogP contribution < -0.4 is 15.4 Å². The number of allylic oxidation sites excluding steroid dienone is 1. The second kappa shape index (κ2) is 11.9. The molecule has 0 saturated heterocycles. The predicted molar refractivity (Wildman–Crippen MR) is 141 cm³/mol. The van der Waals surface area contributed by atoms with Gasteiger partial charge in [0.1, 0.15) is 5.75 Å². The number of methoxy groups -OCH3 is 1. The molecule has 3 rings (SSSR count). The normalized spacial score (nSPS) is 16.1. The van der Waals surface area contributed by atoms with Crippen LogP contribution in [0.3, 0.4) is 0 Å². The summed E-state index contributed by atoms with van der Waals surface area (Å²) in [5.74, 6) is 0.962. The second-order valence-corrected chi connectivity index (χ2v) is 9.85. The van der Waals surface area contributed by atoms with Crippen molar-refractivity contribution >= 4 is 23.3 Å². The molecule has 1 unspecified atom stereocenters. The number of rotatable bonds is 10. The minimum Gasteiger partial charge on any atom is -0.497 e. The van der Waals surface area contributed by atoms with Gasteiger partial charge in [0.2, 0.25) is 0 Å². The molecule has 0 aliphatic carbocycles. The van der Waals surface area contributed by atoms with Crippen LogP contribution in [0.4, 0.5) is 10.5 Å². The summed E-state index contributed by atoms with van der Waals surface area (Å²) < 4.78 is 10.8. The first kappa shape index (κ1) is 26.3. The summed E-state index contributed by atoms with van der Waals surface area (Å²) in [4.78, 5) is 25.5. The van der Waals surface area contributed by atoms with Crippen molar-refractivity contribution in [1.29, 1.82) is 0 Å². The maximum Gasteiger partial charge on any atom is 0.411 e. The van der Waals surface area contributed by atoms with E-state index in [9.17, 15) is 9.59 Å². The van der Waals surface area contributed by atoms with Gasteiger partial charge >= 0.3 is 6.09 Å². The van der Waals surface area contributed by atoms with Crippen LogP contribution >= 0.6 is 0 Å². The highest BCUT2D eigenvalue weighted by molar-refractivity contribution is 6.09. The first-order valence-corrected chi connectivity index (χ1v) is 12.5. The number of hydrogen-bond donors (Lipinski definition) is 2. The molecule has 0 aromatic heterocycles. The summed E-state index contributed by atoms with van der Waals surface area (Å²) in [6.45, 7) is 8.89. The van der Waals surface area contributed by atoms with Crippen molar-refractivity contribution in [3.05, 3.63) is 65.2 Å². The Balaban J connectivity index is 1.73. The molecule has 6 heteroatoms. The van der Waals surface area contributed by atoms with Crippen LogP contribution in [0.5, 0.6) is 5.75 Å². The number of ether oxygens (including phenoxy) is 2. The first-order valence-electron chi connectivity index (χ1n) is 12.5. The van der Waals surface area contributed by atoms with Crippen molar-refractivity contribution in [1.82, 2.24) is 5.32 Å². The Hall–Kier alpha value is -3.28. The van der Waals surface area contributed by atoms with E-state index in [4.69, 9.17) is 9.47 Å². The number of carbonyl (C=O) groups is 2. The zero-order valence-electron chi connectivity index (χ0n) is 21.6. The third kappa shape index (κ3) is 7.35. The molecular formula is C29H38N2O4. The Kier molecular flexibility index (Phi) is 8.96. The van der Waals surface area contributed by atoms with Gasteiger partial charge in [-0.25, -0.2) is 4.79 Å². The monoisotopic (exact) mass is 478 g/mol. The summed E-state index contributed by atoms with van der Waals surface area (Å²) in [5.41, 5.74) is 3.71. The quantitative estimate of drug-likeness (QED) is 0.297. The number of nitrogens with one attached hydrogen (secondary N) is 2. The maximum absolute atomic E-state index is 13.2. The van der Waals surface area contributed by atoms with E-state index in [0.717, 1.165) is 54.7 Å². The van der Waals surface area contributed by atoms with Gasteiger partial charge in [0.15, 0.2) is 5.78 Å². The predicted octanol–water partition coefficient (Wildman–Crippen LogP) is 6.61. The number of fused-ring (bicyclic) bond motifs is 1. The second-order valence-electron chi connectivity index (χ2n) is 9.85. The van der Waals surface area contributed by atoms with Crippen LogP contribution in [0.25, 0.3) is 5.70 Å². The number of benzene rings is 2. The van der Waals surface area contributed by atoms with Crippen LogP contribution in [0.2, 0.25) is 0 Å². The number of carbonyl (C=O) groups excluding carboxylic acids is 2. The Morgan fingerprint density at radius 3 is 2.69 bits per heavy atom. The highest BCUT2D eigenvalue weighted by Crippen LogP contribution is 2.32. The lowest BCUT2D eigenvalue weighted by molar-refractivity contribution is 0.104. The average molecular weight is 479 g/mol. The fourth-order valence-electron chi connectivity index (χ4n) is 4.36. The minimum atomic E-state index is -0.500. The first-order chi connectivity index (χ1) is 16.7. The third-order valence-corrected chi connectivity index (χ3v) is 6.37. The van der Waals surface area contributed by atoms with Gasteiger partial charge in [-0.1, -0.05) is 51.3 Å². The van der Waals surface area contributed by atoms with Crippen LogP contribution in [-0.4, -0.2) is 31.1 Å². The molecule has 6 nitrogen and oxygen atoms in total. The molecule has 188 valence electrons. The van der Waals surface area contributed by atoms with Gasteiger partial charge in [0.05, 0.1) is 13.7 Å². The fraction of sp³-hybridized carbons (Fsp3) is 0.448. The molecule has 0 bridgehead atoms. The standard InChI is InChI=1S/C29H38N2O4/c1-6-8-10-20(7-2)19-35-28(33)30-23-12-9-11-21(15-23)27(32)17-26-25-16-24(34-5)14-13-22(25)18-29(3,4)31-26/h9,11-17,20,31H,6-8,10,18-19H2,1-5H3,(H,30,33). The van der Waals surface area contributed by atoms with Gasteiger partial charge in [0, 0.05) is 34.1 Å². The lowest BCUT2D eigenvalue weighted by Crippen LogP contribution is -2.43. The Morgan fingerprint density at radius 2 is 1.97 bits per heavy atom. The molecule has 1 aliphatic heterocycles. The molecule has 1 atom stereocenters. The third-order valence-electron chi connectivity index (χ3n) is 6.37. The maximum atomic E-state index is 13.2. The van der Waals surface area contributed by atoms with Crippen molar-refractivity contribution in [3.63, 3.8) is 0 Å². The Bertz CT molecular complexity index is 1070. The largest absolute Gasteiger partial charge is 0.497 e. The molecule has 1 aliphatic rings. The summed E-state index contributed by atoms with van der Waals surface area (Å²) in [7, 11) is 1.63. The fourth-order valence-corrected chi connectivity index (χ4v) is 4.36. The smallest absolute Gasteiger partial charge is 0.411 e. The molecule has 2 N–H and O–H groups in total. The molecular weight excluding hydrogens is 440 g/mol. The molecule has 2 aromatic rings. The summed E-state index contributed by atoms with van der Waals surface area (Å²) in [6, 6.07) is 12.9. The van der Waals surface area contributed by atoms with Gasteiger partial charge in [-0.3, -0.25) is 10.1 Å². The van der Waals surface area contributed by atoms with Crippen molar-refractivity contribution in [3.8, 4) is 5.75 Å². The summed E-state index contributed by atoms with van der Waals surface area (Å²) in [5, 5.41) is 6.24. The zero-order valence-corrected chi connectivity index (χ0v) is 21.6. The summed E-state index contributed by atoms with van der Waals surface area (Å²) >= 11 is 0.